The molecule has 0 aromatic carbocycles. The summed E-state index contributed by atoms with van der Waals surface area (Å²) in [5.41, 5.74) is 0.693. The summed E-state index contributed by atoms with van der Waals surface area (Å²) < 4.78 is 6.60. The van der Waals surface area contributed by atoms with E-state index in [4.69, 9.17) is 4.74 Å². The molecular weight excluding hydrogens is 222 g/mol. The summed E-state index contributed by atoms with van der Waals surface area (Å²) in [5.74, 6) is 0.905. The molecule has 2 saturated carbocycles. The first-order chi connectivity index (χ1) is 8.48. The fraction of sp³-hybridized carbons (Fsp3) is 1.00. The van der Waals surface area contributed by atoms with E-state index in [1.807, 2.05) is 0 Å². The second kappa shape index (κ2) is 4.49. The van der Waals surface area contributed by atoms with Gasteiger partial charge in [0, 0.05) is 12.6 Å². The molecular formula is C16H29NO. The fourth-order valence-corrected chi connectivity index (χ4v) is 4.17. The number of fused-ring (bicyclic) bond motifs is 1. The van der Waals surface area contributed by atoms with Crippen molar-refractivity contribution in [2.45, 2.75) is 83.5 Å². The maximum atomic E-state index is 6.60. The summed E-state index contributed by atoms with van der Waals surface area (Å²) in [6.07, 6.45) is 9.59. The molecule has 0 amide bonds. The van der Waals surface area contributed by atoms with Crippen molar-refractivity contribution in [1.82, 2.24) is 5.32 Å². The van der Waals surface area contributed by atoms with Crippen molar-refractivity contribution in [3.05, 3.63) is 0 Å². The van der Waals surface area contributed by atoms with Crippen LogP contribution in [0, 0.1) is 11.3 Å². The Kier molecular flexibility index (Phi) is 3.22. The fourth-order valence-electron chi connectivity index (χ4n) is 4.17. The van der Waals surface area contributed by atoms with Gasteiger partial charge in [-0.1, -0.05) is 20.8 Å². The molecule has 2 unspecified atom stereocenters. The first-order valence-corrected chi connectivity index (χ1v) is 7.89. The van der Waals surface area contributed by atoms with Crippen LogP contribution >= 0.6 is 0 Å². The Morgan fingerprint density at radius 2 is 1.78 bits per heavy atom. The highest BCUT2D eigenvalue weighted by Crippen LogP contribution is 2.43. The molecule has 18 heavy (non-hydrogen) atoms. The molecule has 1 saturated heterocycles. The molecule has 0 aromatic rings. The molecule has 0 bridgehead atoms. The van der Waals surface area contributed by atoms with Crippen LogP contribution in [0.1, 0.15) is 65.7 Å². The summed E-state index contributed by atoms with van der Waals surface area (Å²) in [6.45, 7) is 8.28. The smallest absolute Gasteiger partial charge is 0.0811 e. The average Bonchev–Trinajstić information content (AvgIpc) is 2.33. The van der Waals surface area contributed by atoms with Crippen LogP contribution in [0.2, 0.25) is 0 Å². The molecule has 0 aromatic heterocycles. The molecule has 2 atom stereocenters. The van der Waals surface area contributed by atoms with Crippen LogP contribution in [0.25, 0.3) is 0 Å². The van der Waals surface area contributed by atoms with E-state index in [1.165, 1.54) is 44.9 Å². The highest BCUT2D eigenvalue weighted by atomic mass is 16.5. The van der Waals surface area contributed by atoms with Gasteiger partial charge in [0.05, 0.1) is 11.7 Å². The van der Waals surface area contributed by atoms with Crippen molar-refractivity contribution < 1.29 is 4.74 Å². The van der Waals surface area contributed by atoms with Gasteiger partial charge in [0.1, 0.15) is 0 Å². The van der Waals surface area contributed by atoms with E-state index in [1.54, 1.807) is 0 Å². The molecule has 2 nitrogen and oxygen atoms in total. The van der Waals surface area contributed by atoms with Crippen molar-refractivity contribution in [2.24, 2.45) is 11.3 Å². The minimum atomic E-state index is 0.190. The zero-order chi connectivity index (χ0) is 12.8. The van der Waals surface area contributed by atoms with Crippen molar-refractivity contribution in [3.63, 3.8) is 0 Å². The average molecular weight is 251 g/mol. The number of ether oxygens (including phenoxy) is 1. The maximum absolute atomic E-state index is 6.60. The molecule has 3 aliphatic rings. The highest BCUT2D eigenvalue weighted by molar-refractivity contribution is 5.00. The van der Waals surface area contributed by atoms with E-state index in [2.05, 4.69) is 26.1 Å². The molecule has 2 aliphatic carbocycles. The molecule has 3 fully saturated rings. The van der Waals surface area contributed by atoms with Crippen molar-refractivity contribution in [1.29, 1.82) is 0 Å². The standard InChI is InChI=1S/C16H29NO/c1-12-4-8-16(9-5-12)11-17-13-10-15(2,3)7-6-14(13)18-16/h12-14,17H,4-11H2,1-3H3. The predicted octanol–water partition coefficient (Wildman–Crippen LogP) is 3.50. The zero-order valence-electron chi connectivity index (χ0n) is 12.3. The first-order valence-electron chi connectivity index (χ1n) is 7.89. The lowest BCUT2D eigenvalue weighted by atomic mass is 9.71. The van der Waals surface area contributed by atoms with E-state index < -0.39 is 0 Å². The number of morpholine rings is 1. The Morgan fingerprint density at radius 1 is 1.06 bits per heavy atom. The van der Waals surface area contributed by atoms with Crippen LogP contribution in [-0.4, -0.2) is 24.3 Å². The van der Waals surface area contributed by atoms with Crippen molar-refractivity contribution in [2.75, 3.05) is 6.54 Å². The van der Waals surface area contributed by atoms with Gasteiger partial charge in [-0.2, -0.15) is 0 Å². The summed E-state index contributed by atoms with van der Waals surface area (Å²) in [7, 11) is 0. The molecule has 3 rings (SSSR count). The second-order valence-electron chi connectivity index (χ2n) is 7.92. The molecule has 0 radical (unpaired) electrons. The van der Waals surface area contributed by atoms with E-state index in [-0.39, 0.29) is 5.60 Å². The predicted molar refractivity (Wildman–Crippen MR) is 74.7 cm³/mol. The van der Waals surface area contributed by atoms with Gasteiger partial charge in [-0.25, -0.2) is 0 Å². The third-order valence-corrected chi connectivity index (χ3v) is 5.60. The lowest BCUT2D eigenvalue weighted by Gasteiger charge is -2.52. The van der Waals surface area contributed by atoms with Crippen molar-refractivity contribution >= 4 is 0 Å². The molecule has 1 aliphatic heterocycles. The SMILES string of the molecule is CC1CCC2(CC1)CNC1CC(C)(C)CCC1O2. The monoisotopic (exact) mass is 251 g/mol. The summed E-state index contributed by atoms with van der Waals surface area (Å²) >= 11 is 0. The Morgan fingerprint density at radius 3 is 2.50 bits per heavy atom. The molecule has 2 heteroatoms. The minimum absolute atomic E-state index is 0.190. The van der Waals surface area contributed by atoms with Crippen LogP contribution in [0.3, 0.4) is 0 Å². The Hall–Kier alpha value is -0.0800. The number of nitrogens with one attached hydrogen (secondary N) is 1. The number of hydrogen-bond acceptors (Lipinski definition) is 2. The van der Waals surface area contributed by atoms with Crippen LogP contribution in [0.4, 0.5) is 0 Å². The van der Waals surface area contributed by atoms with E-state index in [0.717, 1.165) is 12.5 Å². The first kappa shape index (κ1) is 12.9. The summed E-state index contributed by atoms with van der Waals surface area (Å²) in [5, 5.41) is 3.83. The molecule has 104 valence electrons. The molecule has 1 spiro atoms. The summed E-state index contributed by atoms with van der Waals surface area (Å²) in [4.78, 5) is 0. The minimum Gasteiger partial charge on any atom is -0.369 e. The van der Waals surface area contributed by atoms with Gasteiger partial charge in [-0.15, -0.1) is 0 Å². The van der Waals surface area contributed by atoms with E-state index in [0.29, 0.717) is 17.6 Å². The zero-order valence-corrected chi connectivity index (χ0v) is 12.3. The highest BCUT2D eigenvalue weighted by Gasteiger charge is 2.46. The number of rotatable bonds is 0. The van der Waals surface area contributed by atoms with E-state index in [9.17, 15) is 0 Å². The second-order valence-corrected chi connectivity index (χ2v) is 7.92. The van der Waals surface area contributed by atoms with Crippen LogP contribution < -0.4 is 5.32 Å². The van der Waals surface area contributed by atoms with Gasteiger partial charge >= 0.3 is 0 Å². The number of hydrogen-bond donors (Lipinski definition) is 1. The van der Waals surface area contributed by atoms with Gasteiger partial charge in [0.15, 0.2) is 0 Å². The largest absolute Gasteiger partial charge is 0.369 e. The van der Waals surface area contributed by atoms with Gasteiger partial charge < -0.3 is 10.1 Å². The Bertz CT molecular complexity index is 304. The van der Waals surface area contributed by atoms with Gasteiger partial charge in [-0.3, -0.25) is 0 Å². The Balaban J connectivity index is 1.64. The topological polar surface area (TPSA) is 21.3 Å². The van der Waals surface area contributed by atoms with Crippen LogP contribution in [0.5, 0.6) is 0 Å². The van der Waals surface area contributed by atoms with Gasteiger partial charge in [0.25, 0.3) is 0 Å². The van der Waals surface area contributed by atoms with Crippen LogP contribution in [0.15, 0.2) is 0 Å². The van der Waals surface area contributed by atoms with Gasteiger partial charge in [-0.05, 0) is 56.3 Å². The van der Waals surface area contributed by atoms with E-state index >= 15 is 0 Å². The van der Waals surface area contributed by atoms with Gasteiger partial charge in [0.2, 0.25) is 0 Å². The normalized spacial score (nSPS) is 47.8. The third-order valence-electron chi connectivity index (χ3n) is 5.60. The molecule has 1 heterocycles. The third kappa shape index (κ3) is 2.46. The lowest BCUT2D eigenvalue weighted by Crippen LogP contribution is -2.62. The maximum Gasteiger partial charge on any atom is 0.0811 e. The lowest BCUT2D eigenvalue weighted by molar-refractivity contribution is -0.172. The summed E-state index contributed by atoms with van der Waals surface area (Å²) in [6, 6.07) is 0.610. The Labute approximate surface area is 112 Å². The molecule has 1 N–H and O–H groups in total. The van der Waals surface area contributed by atoms with Crippen LogP contribution in [-0.2, 0) is 4.74 Å². The quantitative estimate of drug-likeness (QED) is 0.711. The van der Waals surface area contributed by atoms with Crippen molar-refractivity contribution in [3.8, 4) is 0 Å².